The zero-order chi connectivity index (χ0) is 17.5. The normalized spacial score (nSPS) is 13.8. The first-order valence-corrected chi connectivity index (χ1v) is 9.66. The second-order valence-corrected chi connectivity index (χ2v) is 7.55. The molecule has 0 aliphatic heterocycles. The van der Waals surface area contributed by atoms with Gasteiger partial charge in [0.25, 0.3) is 0 Å². The van der Waals surface area contributed by atoms with Crippen molar-refractivity contribution in [1.82, 2.24) is 4.98 Å². The Labute approximate surface area is 156 Å². The van der Waals surface area contributed by atoms with Crippen LogP contribution in [0.3, 0.4) is 0 Å². The molecule has 0 bridgehead atoms. The van der Waals surface area contributed by atoms with Crippen LogP contribution < -0.4 is 10.5 Å². The van der Waals surface area contributed by atoms with Crippen LogP contribution in [0.2, 0.25) is 0 Å². The number of nitrogens with zero attached hydrogens (tertiary/aromatic N) is 1. The molecule has 4 heteroatoms. The molecule has 0 radical (unpaired) electrons. The summed E-state index contributed by atoms with van der Waals surface area (Å²) in [6.45, 7) is 0. The van der Waals surface area contributed by atoms with Gasteiger partial charge >= 0.3 is 0 Å². The molecule has 0 spiro atoms. The summed E-state index contributed by atoms with van der Waals surface area (Å²) in [5.41, 5.74) is 9.88. The van der Waals surface area contributed by atoms with Crippen molar-refractivity contribution in [3.8, 4) is 22.6 Å². The first-order chi connectivity index (χ1) is 12.8. The molecule has 1 aliphatic carbocycles. The Bertz CT molecular complexity index is 1070. The Morgan fingerprint density at radius 1 is 0.962 bits per heavy atom. The summed E-state index contributed by atoms with van der Waals surface area (Å²) >= 11 is 1.77. The van der Waals surface area contributed by atoms with Crippen molar-refractivity contribution < 1.29 is 4.74 Å². The first kappa shape index (κ1) is 15.4. The van der Waals surface area contributed by atoms with E-state index in [1.807, 2.05) is 48.7 Å². The van der Waals surface area contributed by atoms with E-state index >= 15 is 0 Å². The fourth-order valence-corrected chi connectivity index (χ4v) is 4.49. The van der Waals surface area contributed by atoms with Crippen molar-refractivity contribution >= 4 is 27.2 Å². The number of ether oxygens (including phenoxy) is 1. The fraction of sp³-hybridized carbons (Fsp3) is 0.136. The van der Waals surface area contributed by atoms with Gasteiger partial charge in [-0.3, -0.25) is 0 Å². The zero-order valence-electron chi connectivity index (χ0n) is 14.2. The largest absolute Gasteiger partial charge is 0.457 e. The SMILES string of the molecule is Nc1ncc(C2CC2)c2scc(-c3ccc(Oc4ccccc4)cc3)c12. The van der Waals surface area contributed by atoms with Crippen LogP contribution in [0.5, 0.6) is 11.5 Å². The lowest BCUT2D eigenvalue weighted by atomic mass is 10.0. The number of rotatable bonds is 4. The Morgan fingerprint density at radius 2 is 1.69 bits per heavy atom. The highest BCUT2D eigenvalue weighted by Crippen LogP contribution is 2.47. The summed E-state index contributed by atoms with van der Waals surface area (Å²) in [6.07, 6.45) is 4.49. The maximum atomic E-state index is 6.23. The summed E-state index contributed by atoms with van der Waals surface area (Å²) in [4.78, 5) is 4.46. The van der Waals surface area contributed by atoms with Crippen LogP contribution >= 0.6 is 11.3 Å². The third-order valence-electron chi connectivity index (χ3n) is 4.81. The van der Waals surface area contributed by atoms with Crippen molar-refractivity contribution in [2.45, 2.75) is 18.8 Å². The van der Waals surface area contributed by atoms with E-state index in [-0.39, 0.29) is 0 Å². The van der Waals surface area contributed by atoms with E-state index in [0.717, 1.165) is 28.0 Å². The van der Waals surface area contributed by atoms with Crippen LogP contribution in [0.15, 0.2) is 66.2 Å². The van der Waals surface area contributed by atoms with Gasteiger partial charge in [0, 0.05) is 21.8 Å². The van der Waals surface area contributed by atoms with Gasteiger partial charge in [0.1, 0.15) is 17.3 Å². The van der Waals surface area contributed by atoms with Gasteiger partial charge in [-0.15, -0.1) is 11.3 Å². The maximum Gasteiger partial charge on any atom is 0.132 e. The van der Waals surface area contributed by atoms with Gasteiger partial charge in [-0.2, -0.15) is 0 Å². The number of thiophene rings is 1. The highest BCUT2D eigenvalue weighted by molar-refractivity contribution is 7.18. The molecule has 2 aromatic carbocycles. The standard InChI is InChI=1S/C22H18N2OS/c23-22-20-19(13-26-21(20)18(12-24-22)14-6-7-14)15-8-10-17(11-9-15)25-16-4-2-1-3-5-16/h1-5,8-14H,6-7H2,(H2,23,24). The predicted octanol–water partition coefficient (Wildman–Crippen LogP) is 6.22. The number of aromatic nitrogens is 1. The van der Waals surface area contributed by atoms with E-state index in [1.54, 1.807) is 11.3 Å². The highest BCUT2D eigenvalue weighted by atomic mass is 32.1. The molecule has 4 aromatic rings. The molecule has 1 fully saturated rings. The van der Waals surface area contributed by atoms with Crippen LogP contribution in [0.25, 0.3) is 21.2 Å². The topological polar surface area (TPSA) is 48.1 Å². The van der Waals surface area contributed by atoms with E-state index in [0.29, 0.717) is 11.7 Å². The first-order valence-electron chi connectivity index (χ1n) is 8.78. The second kappa shape index (κ2) is 6.15. The third kappa shape index (κ3) is 2.72. The number of nitrogens with two attached hydrogens (primary N) is 1. The monoisotopic (exact) mass is 358 g/mol. The number of hydrogen-bond acceptors (Lipinski definition) is 4. The molecule has 128 valence electrons. The molecule has 2 N–H and O–H groups in total. The molecule has 26 heavy (non-hydrogen) atoms. The van der Waals surface area contributed by atoms with Gasteiger partial charge in [-0.25, -0.2) is 4.98 Å². The number of fused-ring (bicyclic) bond motifs is 1. The molecule has 2 aromatic heterocycles. The van der Waals surface area contributed by atoms with Crippen LogP contribution in [-0.2, 0) is 0 Å². The van der Waals surface area contributed by atoms with Crippen molar-refractivity contribution in [1.29, 1.82) is 0 Å². The fourth-order valence-electron chi connectivity index (χ4n) is 3.31. The number of benzene rings is 2. The van der Waals surface area contributed by atoms with E-state index in [2.05, 4.69) is 22.5 Å². The third-order valence-corrected chi connectivity index (χ3v) is 5.84. The Hall–Kier alpha value is -2.85. The van der Waals surface area contributed by atoms with Crippen molar-refractivity contribution in [3.05, 3.63) is 71.7 Å². The van der Waals surface area contributed by atoms with Crippen molar-refractivity contribution in [2.24, 2.45) is 0 Å². The average molecular weight is 358 g/mol. The minimum atomic E-state index is 0.616. The molecule has 0 saturated heterocycles. The minimum Gasteiger partial charge on any atom is -0.457 e. The average Bonchev–Trinajstić information content (AvgIpc) is 3.41. The van der Waals surface area contributed by atoms with Gasteiger partial charge < -0.3 is 10.5 Å². The van der Waals surface area contributed by atoms with Crippen molar-refractivity contribution in [2.75, 3.05) is 5.73 Å². The van der Waals surface area contributed by atoms with Gasteiger partial charge in [-0.1, -0.05) is 30.3 Å². The maximum absolute atomic E-state index is 6.23. The number of anilines is 1. The van der Waals surface area contributed by atoms with Crippen LogP contribution in [0.1, 0.15) is 24.3 Å². The number of para-hydroxylation sites is 1. The van der Waals surface area contributed by atoms with E-state index in [9.17, 15) is 0 Å². The van der Waals surface area contributed by atoms with Crippen LogP contribution in [-0.4, -0.2) is 4.98 Å². The Morgan fingerprint density at radius 3 is 2.42 bits per heavy atom. The zero-order valence-corrected chi connectivity index (χ0v) is 15.0. The highest BCUT2D eigenvalue weighted by Gasteiger charge is 2.27. The smallest absolute Gasteiger partial charge is 0.132 e. The van der Waals surface area contributed by atoms with Crippen molar-refractivity contribution in [3.63, 3.8) is 0 Å². The molecular formula is C22H18N2OS. The molecule has 0 amide bonds. The summed E-state index contributed by atoms with van der Waals surface area (Å²) in [6, 6.07) is 18.0. The van der Waals surface area contributed by atoms with Gasteiger partial charge in [0.2, 0.25) is 0 Å². The summed E-state index contributed by atoms with van der Waals surface area (Å²) in [7, 11) is 0. The van der Waals surface area contributed by atoms with Crippen LogP contribution in [0, 0.1) is 0 Å². The van der Waals surface area contributed by atoms with E-state index in [1.165, 1.54) is 23.1 Å². The second-order valence-electron chi connectivity index (χ2n) is 6.67. The lowest BCUT2D eigenvalue weighted by molar-refractivity contribution is 0.483. The van der Waals surface area contributed by atoms with E-state index < -0.39 is 0 Å². The quantitative estimate of drug-likeness (QED) is 0.471. The predicted molar refractivity (Wildman–Crippen MR) is 108 cm³/mol. The molecular weight excluding hydrogens is 340 g/mol. The van der Waals surface area contributed by atoms with Crippen LogP contribution in [0.4, 0.5) is 5.82 Å². The molecule has 1 aliphatic rings. The van der Waals surface area contributed by atoms with Gasteiger partial charge in [-0.05, 0) is 59.5 Å². The number of hydrogen-bond donors (Lipinski definition) is 1. The molecule has 5 rings (SSSR count). The molecule has 0 unspecified atom stereocenters. The number of nitrogen functional groups attached to an aromatic ring is 1. The summed E-state index contributed by atoms with van der Waals surface area (Å²) < 4.78 is 7.18. The van der Waals surface area contributed by atoms with Gasteiger partial charge in [0.15, 0.2) is 0 Å². The lowest BCUT2D eigenvalue weighted by Gasteiger charge is -2.08. The summed E-state index contributed by atoms with van der Waals surface area (Å²) in [5, 5.41) is 3.29. The minimum absolute atomic E-state index is 0.616. The lowest BCUT2D eigenvalue weighted by Crippen LogP contribution is -1.93. The van der Waals surface area contributed by atoms with E-state index in [4.69, 9.17) is 10.5 Å². The molecule has 2 heterocycles. The molecule has 0 atom stereocenters. The Balaban J connectivity index is 1.51. The Kier molecular flexibility index (Phi) is 3.64. The summed E-state index contributed by atoms with van der Waals surface area (Å²) in [5.74, 6) is 2.94. The van der Waals surface area contributed by atoms with Gasteiger partial charge in [0.05, 0.1) is 0 Å². The molecule has 3 nitrogen and oxygen atoms in total. The molecule has 1 saturated carbocycles. The number of pyridine rings is 1.